The van der Waals surface area contributed by atoms with Gasteiger partial charge < -0.3 is 26.0 Å². The monoisotopic (exact) mass is 300 g/mol. The van der Waals surface area contributed by atoms with Gasteiger partial charge in [0.15, 0.2) is 0 Å². The molecule has 0 aromatic carbocycles. The lowest BCUT2D eigenvalue weighted by atomic mass is 10.0. The molecule has 21 heavy (non-hydrogen) atoms. The summed E-state index contributed by atoms with van der Waals surface area (Å²) >= 11 is 0. The molecule has 0 bridgehead atoms. The van der Waals surface area contributed by atoms with Crippen LogP contribution in [0.2, 0.25) is 0 Å². The summed E-state index contributed by atoms with van der Waals surface area (Å²) in [6, 6.07) is -1.69. The second-order valence-corrected chi connectivity index (χ2v) is 5.29. The Morgan fingerprint density at radius 3 is 2.38 bits per heavy atom. The minimum Gasteiger partial charge on any atom is -0.480 e. The summed E-state index contributed by atoms with van der Waals surface area (Å²) in [5.41, 5.74) is 4.98. The molecule has 1 aliphatic heterocycles. The second kappa shape index (κ2) is 7.82. The van der Waals surface area contributed by atoms with Crippen molar-refractivity contribution in [1.82, 2.24) is 15.1 Å². The molecule has 1 atom stereocenters. The molecule has 1 heterocycles. The summed E-state index contributed by atoms with van der Waals surface area (Å²) in [6.07, 6.45) is 1.29. The van der Waals surface area contributed by atoms with Gasteiger partial charge >= 0.3 is 12.0 Å². The van der Waals surface area contributed by atoms with E-state index < -0.39 is 30.4 Å². The molecular weight excluding hydrogens is 276 g/mol. The van der Waals surface area contributed by atoms with Crippen LogP contribution < -0.4 is 11.1 Å². The highest BCUT2D eigenvalue weighted by atomic mass is 16.4. The number of primary amides is 1. The number of hydrogen-bond donors (Lipinski definition) is 3. The molecule has 8 nitrogen and oxygen atoms in total. The van der Waals surface area contributed by atoms with E-state index in [1.807, 2.05) is 0 Å². The van der Waals surface area contributed by atoms with Gasteiger partial charge in [0.2, 0.25) is 5.91 Å². The Bertz CT molecular complexity index is 394. The number of nitrogens with zero attached hydrogens (tertiary/aromatic N) is 2. The van der Waals surface area contributed by atoms with Crippen LogP contribution in [0.25, 0.3) is 0 Å². The van der Waals surface area contributed by atoms with E-state index in [1.54, 1.807) is 7.05 Å². The number of rotatable bonds is 6. The zero-order chi connectivity index (χ0) is 16.0. The highest BCUT2D eigenvalue weighted by Crippen LogP contribution is 2.15. The number of carboxylic acid groups (broad SMARTS) is 1. The first-order chi connectivity index (χ1) is 9.85. The summed E-state index contributed by atoms with van der Waals surface area (Å²) < 4.78 is 0. The normalized spacial score (nSPS) is 18.0. The maximum absolute atomic E-state index is 12.1. The Morgan fingerprint density at radius 1 is 1.38 bits per heavy atom. The predicted molar refractivity (Wildman–Crippen MR) is 76.7 cm³/mol. The van der Waals surface area contributed by atoms with Crippen molar-refractivity contribution >= 4 is 17.9 Å². The van der Waals surface area contributed by atoms with Gasteiger partial charge in [0.05, 0.1) is 6.42 Å². The fraction of sp³-hybridized carbons (Fsp3) is 0.769. The number of carbonyl (C=O) groups excluding carboxylic acids is 2. The summed E-state index contributed by atoms with van der Waals surface area (Å²) in [5.74, 6) is -2.03. The van der Waals surface area contributed by atoms with Crippen LogP contribution in [0.15, 0.2) is 0 Å². The molecule has 0 saturated carbocycles. The maximum atomic E-state index is 12.1. The SMILES string of the molecule is CCN1CCC(N(C)C(=O)NC(CC(N)=O)C(=O)O)CC1. The van der Waals surface area contributed by atoms with Crippen LogP contribution >= 0.6 is 0 Å². The third-order valence-corrected chi connectivity index (χ3v) is 3.87. The first kappa shape index (κ1) is 17.2. The van der Waals surface area contributed by atoms with Crippen molar-refractivity contribution in [3.8, 4) is 0 Å². The van der Waals surface area contributed by atoms with Crippen molar-refractivity contribution in [2.24, 2.45) is 5.73 Å². The zero-order valence-corrected chi connectivity index (χ0v) is 12.5. The maximum Gasteiger partial charge on any atom is 0.326 e. The van der Waals surface area contributed by atoms with Gasteiger partial charge in [-0.05, 0) is 19.4 Å². The predicted octanol–water partition coefficient (Wildman–Crippen LogP) is -0.559. The number of carboxylic acids is 1. The van der Waals surface area contributed by atoms with Gasteiger partial charge in [0, 0.05) is 26.2 Å². The number of nitrogens with one attached hydrogen (secondary N) is 1. The number of piperidine rings is 1. The average Bonchev–Trinajstić information content (AvgIpc) is 2.45. The Labute approximate surface area is 124 Å². The van der Waals surface area contributed by atoms with Crippen LogP contribution in [0.1, 0.15) is 26.2 Å². The van der Waals surface area contributed by atoms with Crippen molar-refractivity contribution < 1.29 is 19.5 Å². The molecule has 1 fully saturated rings. The molecule has 0 spiro atoms. The molecule has 0 aromatic rings. The lowest BCUT2D eigenvalue weighted by Crippen LogP contribution is -2.53. The second-order valence-electron chi connectivity index (χ2n) is 5.29. The van der Waals surface area contributed by atoms with E-state index in [2.05, 4.69) is 17.1 Å². The molecule has 3 amide bonds. The van der Waals surface area contributed by atoms with Gasteiger partial charge in [-0.25, -0.2) is 9.59 Å². The zero-order valence-electron chi connectivity index (χ0n) is 12.5. The number of aliphatic carboxylic acids is 1. The van der Waals surface area contributed by atoms with Crippen molar-refractivity contribution in [1.29, 1.82) is 0 Å². The van der Waals surface area contributed by atoms with Gasteiger partial charge in [-0.15, -0.1) is 0 Å². The van der Waals surface area contributed by atoms with Gasteiger partial charge in [-0.3, -0.25) is 4.79 Å². The summed E-state index contributed by atoms with van der Waals surface area (Å²) in [4.78, 5) is 37.7. The minimum atomic E-state index is -1.28. The van der Waals surface area contributed by atoms with Gasteiger partial charge in [-0.2, -0.15) is 0 Å². The number of urea groups is 1. The van der Waals surface area contributed by atoms with E-state index in [-0.39, 0.29) is 6.04 Å². The largest absolute Gasteiger partial charge is 0.480 e. The number of hydrogen-bond acceptors (Lipinski definition) is 4. The van der Waals surface area contributed by atoms with E-state index in [4.69, 9.17) is 10.8 Å². The number of nitrogens with two attached hydrogens (primary N) is 1. The third-order valence-electron chi connectivity index (χ3n) is 3.87. The molecule has 1 aliphatic rings. The Hall–Kier alpha value is -1.83. The van der Waals surface area contributed by atoms with Gasteiger partial charge in [0.1, 0.15) is 6.04 Å². The molecule has 0 aromatic heterocycles. The van der Waals surface area contributed by atoms with Crippen LogP contribution in [0, 0.1) is 0 Å². The highest BCUT2D eigenvalue weighted by Gasteiger charge is 2.28. The quantitative estimate of drug-likeness (QED) is 0.608. The Kier molecular flexibility index (Phi) is 6.41. The number of amides is 3. The van der Waals surface area contributed by atoms with E-state index in [1.165, 1.54) is 4.90 Å². The lowest BCUT2D eigenvalue weighted by molar-refractivity contribution is -0.141. The lowest BCUT2D eigenvalue weighted by Gasteiger charge is -2.36. The van der Waals surface area contributed by atoms with Crippen molar-refractivity contribution in [3.63, 3.8) is 0 Å². The fourth-order valence-corrected chi connectivity index (χ4v) is 2.44. The van der Waals surface area contributed by atoms with Crippen LogP contribution in [0.5, 0.6) is 0 Å². The summed E-state index contributed by atoms with van der Waals surface area (Å²) in [5, 5.41) is 11.3. The standard InChI is InChI=1S/C13H24N4O4/c1-3-17-6-4-9(5-7-17)16(2)13(21)15-10(12(19)20)8-11(14)18/h9-10H,3-8H2,1-2H3,(H2,14,18)(H,15,21)(H,19,20). The van der Waals surface area contributed by atoms with Crippen LogP contribution in [0.3, 0.4) is 0 Å². The van der Waals surface area contributed by atoms with E-state index >= 15 is 0 Å². The van der Waals surface area contributed by atoms with E-state index in [0.29, 0.717) is 0 Å². The average molecular weight is 300 g/mol. The van der Waals surface area contributed by atoms with Crippen LogP contribution in [-0.4, -0.2) is 71.6 Å². The summed E-state index contributed by atoms with van der Waals surface area (Å²) in [6.45, 7) is 4.92. The molecule has 0 aliphatic carbocycles. The number of carbonyl (C=O) groups is 3. The molecule has 4 N–H and O–H groups in total. The topological polar surface area (TPSA) is 116 Å². The molecule has 1 saturated heterocycles. The van der Waals surface area contributed by atoms with E-state index in [9.17, 15) is 14.4 Å². The van der Waals surface area contributed by atoms with Crippen molar-refractivity contribution in [2.75, 3.05) is 26.7 Å². The molecule has 0 radical (unpaired) electrons. The first-order valence-corrected chi connectivity index (χ1v) is 7.12. The Balaban J connectivity index is 2.53. The van der Waals surface area contributed by atoms with Gasteiger partial charge in [-0.1, -0.05) is 6.92 Å². The van der Waals surface area contributed by atoms with Gasteiger partial charge in [0.25, 0.3) is 0 Å². The summed E-state index contributed by atoms with van der Waals surface area (Å²) in [7, 11) is 1.64. The third kappa shape index (κ3) is 5.22. The molecule has 8 heteroatoms. The molecule has 120 valence electrons. The van der Waals surface area contributed by atoms with Crippen LogP contribution in [-0.2, 0) is 9.59 Å². The minimum absolute atomic E-state index is 0.0795. The Morgan fingerprint density at radius 2 is 1.95 bits per heavy atom. The molecular formula is C13H24N4O4. The smallest absolute Gasteiger partial charge is 0.326 e. The van der Waals surface area contributed by atoms with E-state index in [0.717, 1.165) is 32.5 Å². The van der Waals surface area contributed by atoms with Crippen molar-refractivity contribution in [3.05, 3.63) is 0 Å². The molecule has 1 rings (SSSR count). The first-order valence-electron chi connectivity index (χ1n) is 7.12. The number of likely N-dealkylation sites (tertiary alicyclic amines) is 1. The van der Waals surface area contributed by atoms with Crippen LogP contribution in [0.4, 0.5) is 4.79 Å². The highest BCUT2D eigenvalue weighted by molar-refractivity contribution is 5.87. The molecule has 1 unspecified atom stereocenters. The van der Waals surface area contributed by atoms with Crippen molar-refractivity contribution in [2.45, 2.75) is 38.3 Å². The fourth-order valence-electron chi connectivity index (χ4n) is 2.44.